The quantitative estimate of drug-likeness (QED) is 0.830. The van der Waals surface area contributed by atoms with Crippen molar-refractivity contribution in [2.75, 3.05) is 44.3 Å². The first kappa shape index (κ1) is 13.9. The van der Waals surface area contributed by atoms with Crippen LogP contribution in [0.3, 0.4) is 0 Å². The predicted molar refractivity (Wildman–Crippen MR) is 81.9 cm³/mol. The minimum Gasteiger partial charge on any atom is -0.379 e. The van der Waals surface area contributed by atoms with Crippen molar-refractivity contribution in [2.24, 2.45) is 0 Å². The van der Waals surface area contributed by atoms with Crippen molar-refractivity contribution < 1.29 is 4.74 Å². The van der Waals surface area contributed by atoms with Gasteiger partial charge in [0.2, 0.25) is 0 Å². The monoisotopic (exact) mass is 335 g/mol. The zero-order chi connectivity index (χ0) is 13.9. The van der Waals surface area contributed by atoms with E-state index in [0.29, 0.717) is 6.04 Å². The number of nitrogens with zero attached hydrogens (tertiary/aromatic N) is 3. The highest BCUT2D eigenvalue weighted by Gasteiger charge is 2.29. The normalized spacial score (nSPS) is 23.8. The van der Waals surface area contributed by atoms with E-state index < -0.39 is 0 Å². The summed E-state index contributed by atoms with van der Waals surface area (Å²) in [6.07, 6.45) is 1.17. The van der Waals surface area contributed by atoms with Crippen LogP contribution in [-0.4, -0.2) is 50.3 Å². The molecule has 2 aliphatic heterocycles. The molecule has 5 heteroatoms. The van der Waals surface area contributed by atoms with E-state index in [-0.39, 0.29) is 0 Å². The van der Waals surface area contributed by atoms with Crippen LogP contribution in [0, 0.1) is 11.3 Å². The van der Waals surface area contributed by atoms with Gasteiger partial charge in [-0.2, -0.15) is 5.26 Å². The van der Waals surface area contributed by atoms with Crippen LogP contribution in [0.25, 0.3) is 0 Å². The van der Waals surface area contributed by atoms with Gasteiger partial charge in [-0.15, -0.1) is 0 Å². The molecule has 1 atom stereocenters. The third-order valence-corrected chi connectivity index (χ3v) is 4.64. The summed E-state index contributed by atoms with van der Waals surface area (Å²) in [5, 5.41) is 9.29. The minimum atomic E-state index is 0.592. The number of ether oxygens (including phenoxy) is 1. The molecule has 2 heterocycles. The molecular weight excluding hydrogens is 318 g/mol. The van der Waals surface area contributed by atoms with Crippen LogP contribution in [0.15, 0.2) is 22.7 Å². The molecule has 0 N–H and O–H groups in total. The fraction of sp³-hybridized carbons (Fsp3) is 0.533. The minimum absolute atomic E-state index is 0.592. The van der Waals surface area contributed by atoms with E-state index in [1.165, 1.54) is 6.42 Å². The summed E-state index contributed by atoms with van der Waals surface area (Å²) in [7, 11) is 0. The van der Waals surface area contributed by atoms with E-state index in [9.17, 15) is 5.26 Å². The Kier molecular flexibility index (Phi) is 4.25. The Morgan fingerprint density at radius 1 is 1.25 bits per heavy atom. The van der Waals surface area contributed by atoms with Crippen LogP contribution in [0.2, 0.25) is 0 Å². The number of rotatable bonds is 2. The largest absolute Gasteiger partial charge is 0.379 e. The molecule has 0 amide bonds. The molecule has 1 aromatic rings. The molecule has 1 aromatic carbocycles. The standard InChI is InChI=1S/C15H18BrN3O/c16-13-1-2-15(12(9-13)10-17)19-4-3-14(11-19)18-5-7-20-8-6-18/h1-2,9,14H,3-8,11H2. The molecule has 4 nitrogen and oxygen atoms in total. The average molecular weight is 336 g/mol. The predicted octanol–water partition coefficient (Wildman–Crippen LogP) is 2.23. The smallest absolute Gasteiger partial charge is 0.101 e. The molecule has 106 valence electrons. The summed E-state index contributed by atoms with van der Waals surface area (Å²) >= 11 is 3.43. The molecule has 20 heavy (non-hydrogen) atoms. The van der Waals surface area contributed by atoms with Gasteiger partial charge in [0.1, 0.15) is 6.07 Å². The second-order valence-electron chi connectivity index (χ2n) is 5.31. The Morgan fingerprint density at radius 2 is 2.05 bits per heavy atom. The molecule has 3 rings (SSSR count). The summed E-state index contributed by atoms with van der Waals surface area (Å²) < 4.78 is 6.38. The third-order valence-electron chi connectivity index (χ3n) is 4.15. The number of hydrogen-bond donors (Lipinski definition) is 0. The Bertz CT molecular complexity index is 522. The van der Waals surface area contributed by atoms with Gasteiger partial charge in [-0.25, -0.2) is 0 Å². The molecule has 2 saturated heterocycles. The lowest BCUT2D eigenvalue weighted by atomic mass is 10.2. The Morgan fingerprint density at radius 3 is 2.80 bits per heavy atom. The molecule has 0 bridgehead atoms. The number of halogens is 1. The lowest BCUT2D eigenvalue weighted by Gasteiger charge is -2.32. The van der Waals surface area contributed by atoms with Crippen LogP contribution in [-0.2, 0) is 4.74 Å². The number of benzene rings is 1. The van der Waals surface area contributed by atoms with E-state index in [4.69, 9.17) is 4.74 Å². The van der Waals surface area contributed by atoms with E-state index in [0.717, 1.165) is 55.1 Å². The van der Waals surface area contributed by atoms with Gasteiger partial charge in [-0.1, -0.05) is 15.9 Å². The van der Waals surface area contributed by atoms with Crippen LogP contribution < -0.4 is 4.90 Å². The maximum Gasteiger partial charge on any atom is 0.101 e. The Labute approximate surface area is 128 Å². The third kappa shape index (κ3) is 2.83. The van der Waals surface area contributed by atoms with Gasteiger partial charge in [-0.3, -0.25) is 4.90 Å². The van der Waals surface area contributed by atoms with Crippen molar-refractivity contribution in [1.82, 2.24) is 4.90 Å². The zero-order valence-corrected chi connectivity index (χ0v) is 13.0. The molecule has 1 unspecified atom stereocenters. The van der Waals surface area contributed by atoms with E-state index in [1.54, 1.807) is 0 Å². The maximum absolute atomic E-state index is 9.29. The molecule has 0 aliphatic carbocycles. The summed E-state index contributed by atoms with van der Waals surface area (Å²) in [4.78, 5) is 4.86. The summed E-state index contributed by atoms with van der Waals surface area (Å²) in [5.74, 6) is 0. The first-order valence-corrected chi connectivity index (χ1v) is 7.83. The highest BCUT2D eigenvalue weighted by atomic mass is 79.9. The van der Waals surface area contributed by atoms with Crippen molar-refractivity contribution >= 4 is 21.6 Å². The fourth-order valence-corrected chi connectivity index (χ4v) is 3.44. The zero-order valence-electron chi connectivity index (χ0n) is 11.4. The van der Waals surface area contributed by atoms with Gasteiger partial charge in [0.05, 0.1) is 24.5 Å². The van der Waals surface area contributed by atoms with E-state index in [1.807, 2.05) is 18.2 Å². The molecule has 0 radical (unpaired) electrons. The molecule has 0 aromatic heterocycles. The van der Waals surface area contributed by atoms with Crippen molar-refractivity contribution in [3.63, 3.8) is 0 Å². The highest BCUT2D eigenvalue weighted by molar-refractivity contribution is 9.10. The summed E-state index contributed by atoms with van der Waals surface area (Å²) in [6.45, 7) is 5.79. The van der Waals surface area contributed by atoms with Crippen molar-refractivity contribution in [2.45, 2.75) is 12.5 Å². The van der Waals surface area contributed by atoms with Crippen LogP contribution >= 0.6 is 15.9 Å². The summed E-state index contributed by atoms with van der Waals surface area (Å²) in [5.41, 5.74) is 1.81. The van der Waals surface area contributed by atoms with Crippen molar-refractivity contribution in [1.29, 1.82) is 5.26 Å². The Hall–Kier alpha value is -1.09. The van der Waals surface area contributed by atoms with Gasteiger partial charge in [-0.05, 0) is 24.6 Å². The van der Waals surface area contributed by atoms with Gasteiger partial charge < -0.3 is 9.64 Å². The molecular formula is C15H18BrN3O. The van der Waals surface area contributed by atoms with Crippen LogP contribution in [0.1, 0.15) is 12.0 Å². The van der Waals surface area contributed by atoms with Gasteiger partial charge in [0.25, 0.3) is 0 Å². The average Bonchev–Trinajstić information content (AvgIpc) is 2.97. The number of morpholine rings is 1. The molecule has 0 saturated carbocycles. The van der Waals surface area contributed by atoms with Gasteiger partial charge >= 0.3 is 0 Å². The molecule has 2 aliphatic rings. The van der Waals surface area contributed by atoms with E-state index in [2.05, 4.69) is 31.8 Å². The SMILES string of the molecule is N#Cc1cc(Br)ccc1N1CCC(N2CCOCC2)C1. The highest BCUT2D eigenvalue weighted by Crippen LogP contribution is 2.28. The molecule has 0 spiro atoms. The van der Waals surface area contributed by atoms with Gasteiger partial charge in [0, 0.05) is 36.7 Å². The number of hydrogen-bond acceptors (Lipinski definition) is 4. The van der Waals surface area contributed by atoms with Gasteiger partial charge in [0.15, 0.2) is 0 Å². The van der Waals surface area contributed by atoms with Crippen molar-refractivity contribution in [3.8, 4) is 6.07 Å². The second kappa shape index (κ2) is 6.13. The lowest BCUT2D eigenvalue weighted by Crippen LogP contribution is -2.44. The first-order valence-electron chi connectivity index (χ1n) is 7.04. The maximum atomic E-state index is 9.29. The second-order valence-corrected chi connectivity index (χ2v) is 6.23. The first-order chi connectivity index (χ1) is 9.78. The van der Waals surface area contributed by atoms with Crippen molar-refractivity contribution in [3.05, 3.63) is 28.2 Å². The molecule has 2 fully saturated rings. The number of nitriles is 1. The van der Waals surface area contributed by atoms with Crippen LogP contribution in [0.4, 0.5) is 5.69 Å². The van der Waals surface area contributed by atoms with E-state index >= 15 is 0 Å². The lowest BCUT2D eigenvalue weighted by molar-refractivity contribution is 0.0209. The topological polar surface area (TPSA) is 39.5 Å². The Balaban J connectivity index is 1.72. The summed E-state index contributed by atoms with van der Waals surface area (Å²) in [6, 6.07) is 8.85. The fourth-order valence-electron chi connectivity index (χ4n) is 3.07. The number of anilines is 1. The van der Waals surface area contributed by atoms with Crippen LogP contribution in [0.5, 0.6) is 0 Å².